The minimum Gasteiger partial charge on any atom is -0.395 e. The van der Waals surface area contributed by atoms with Crippen LogP contribution >= 0.6 is 0 Å². The van der Waals surface area contributed by atoms with Crippen molar-refractivity contribution in [2.24, 2.45) is 5.92 Å². The highest BCUT2D eigenvalue weighted by molar-refractivity contribution is 5.92. The summed E-state index contributed by atoms with van der Waals surface area (Å²) >= 11 is 0. The number of carbonyl (C=O) groups excluding carboxylic acids is 1. The number of aromatic nitrogens is 2. The van der Waals surface area contributed by atoms with Crippen LogP contribution < -0.4 is 0 Å². The Kier molecular flexibility index (Phi) is 9.27. The molecule has 2 N–H and O–H groups in total. The summed E-state index contributed by atoms with van der Waals surface area (Å²) in [6.07, 6.45) is 3.05. The molecule has 0 radical (unpaired) electrons. The minimum atomic E-state index is 0.0911. The number of nitrogens with one attached hydrogen (secondary N) is 1. The maximum Gasteiger partial charge on any atom is 0.236 e. The monoisotopic (exact) mass is 518 g/mol. The molecule has 1 amide bonds. The predicted molar refractivity (Wildman–Crippen MR) is 157 cm³/mol. The Hall–Kier alpha value is -2.70. The number of aromatic amines is 1. The van der Waals surface area contributed by atoms with Gasteiger partial charge in [-0.15, -0.1) is 0 Å². The Morgan fingerprint density at radius 1 is 1.13 bits per heavy atom. The molecule has 2 aromatic heterocycles. The fraction of sp³-hybridized carbons (Fsp3) is 0.562. The van der Waals surface area contributed by atoms with Gasteiger partial charge in [-0.1, -0.05) is 40.2 Å². The van der Waals surface area contributed by atoms with E-state index < -0.39 is 0 Å². The predicted octanol–water partition coefficient (Wildman–Crippen LogP) is 6.02. The molecule has 0 spiro atoms. The molecular formula is C32H46N4O2. The number of benzene rings is 1. The number of piperidine rings is 1. The number of pyridine rings is 1. The number of amides is 1. The van der Waals surface area contributed by atoms with Gasteiger partial charge in [0.05, 0.1) is 18.8 Å². The Morgan fingerprint density at radius 2 is 1.82 bits per heavy atom. The lowest BCUT2D eigenvalue weighted by atomic mass is 9.87. The molecule has 6 nitrogen and oxygen atoms in total. The standard InChI is InChI=1S/C32H46N4O2/c1-7-22(4)19-35(14-15-37)20-30(38)36-12-10-25(11-13-36)26-8-9-29-28(18-26)31(21(2)3)32(34-29)27-16-23(5)33-24(6)17-27/h8-9,16-18,21-22,25,34,37H,7,10-15,19-20H2,1-6H3. The molecule has 1 aliphatic heterocycles. The molecule has 4 rings (SSSR count). The molecule has 0 aliphatic carbocycles. The van der Waals surface area contributed by atoms with E-state index in [-0.39, 0.29) is 12.5 Å². The lowest BCUT2D eigenvalue weighted by Crippen LogP contribution is -2.45. The van der Waals surface area contributed by atoms with Crippen molar-refractivity contribution in [2.45, 2.75) is 72.6 Å². The molecule has 38 heavy (non-hydrogen) atoms. The number of aliphatic hydroxyl groups excluding tert-OH is 1. The number of aryl methyl sites for hydroxylation is 2. The van der Waals surface area contributed by atoms with E-state index in [1.807, 2.05) is 4.90 Å². The van der Waals surface area contributed by atoms with Crippen molar-refractivity contribution in [1.29, 1.82) is 0 Å². The fourth-order valence-electron chi connectivity index (χ4n) is 5.99. The van der Waals surface area contributed by atoms with Gasteiger partial charge in [-0.2, -0.15) is 0 Å². The average Bonchev–Trinajstić information content (AvgIpc) is 3.27. The third-order valence-corrected chi connectivity index (χ3v) is 8.17. The average molecular weight is 519 g/mol. The van der Waals surface area contributed by atoms with Crippen LogP contribution in [-0.2, 0) is 4.79 Å². The lowest BCUT2D eigenvalue weighted by Gasteiger charge is -2.34. The summed E-state index contributed by atoms with van der Waals surface area (Å²) < 4.78 is 0. The number of fused-ring (bicyclic) bond motifs is 1. The van der Waals surface area contributed by atoms with Gasteiger partial charge in [0.2, 0.25) is 5.91 Å². The van der Waals surface area contributed by atoms with Crippen LogP contribution in [0.5, 0.6) is 0 Å². The van der Waals surface area contributed by atoms with Crippen LogP contribution in [0.25, 0.3) is 22.2 Å². The number of likely N-dealkylation sites (tertiary alicyclic amines) is 1. The largest absolute Gasteiger partial charge is 0.395 e. The number of carbonyl (C=O) groups is 1. The van der Waals surface area contributed by atoms with Crippen molar-refractivity contribution in [3.8, 4) is 11.3 Å². The number of H-pyrrole nitrogens is 1. The number of nitrogens with zero attached hydrogens (tertiary/aromatic N) is 3. The molecule has 6 heteroatoms. The SMILES string of the molecule is CCC(C)CN(CCO)CC(=O)N1CCC(c2ccc3[nH]c(-c4cc(C)nc(C)c4)c(C(C)C)c3c2)CC1. The molecule has 1 unspecified atom stereocenters. The first-order valence-corrected chi connectivity index (χ1v) is 14.4. The van der Waals surface area contributed by atoms with Crippen molar-refractivity contribution in [3.05, 3.63) is 52.8 Å². The van der Waals surface area contributed by atoms with E-state index in [0.29, 0.717) is 30.8 Å². The number of hydrogen-bond donors (Lipinski definition) is 2. The molecule has 1 atom stereocenters. The highest BCUT2D eigenvalue weighted by atomic mass is 16.3. The van der Waals surface area contributed by atoms with Gasteiger partial charge >= 0.3 is 0 Å². The highest BCUT2D eigenvalue weighted by Gasteiger charge is 2.26. The summed E-state index contributed by atoms with van der Waals surface area (Å²) in [5, 5.41) is 10.8. The summed E-state index contributed by atoms with van der Waals surface area (Å²) in [7, 11) is 0. The normalized spacial score (nSPS) is 15.7. The van der Waals surface area contributed by atoms with Crippen LogP contribution in [0, 0.1) is 19.8 Å². The van der Waals surface area contributed by atoms with E-state index >= 15 is 0 Å². The Morgan fingerprint density at radius 3 is 2.42 bits per heavy atom. The van der Waals surface area contributed by atoms with Gasteiger partial charge in [0.25, 0.3) is 0 Å². The van der Waals surface area contributed by atoms with Crippen molar-refractivity contribution in [3.63, 3.8) is 0 Å². The zero-order chi connectivity index (χ0) is 27.4. The molecule has 1 fully saturated rings. The van der Waals surface area contributed by atoms with Crippen molar-refractivity contribution in [2.75, 3.05) is 39.3 Å². The molecule has 0 saturated carbocycles. The summed E-state index contributed by atoms with van der Waals surface area (Å²) in [5.41, 5.74) is 8.39. The lowest BCUT2D eigenvalue weighted by molar-refractivity contribution is -0.133. The van der Waals surface area contributed by atoms with Gasteiger partial charge in [0, 0.05) is 54.0 Å². The van der Waals surface area contributed by atoms with Crippen LogP contribution in [0.4, 0.5) is 0 Å². The summed E-state index contributed by atoms with van der Waals surface area (Å²) in [4.78, 5) is 25.5. The van der Waals surface area contributed by atoms with E-state index in [2.05, 4.69) is 86.7 Å². The Labute approximate surface area is 228 Å². The maximum atomic E-state index is 13.1. The summed E-state index contributed by atoms with van der Waals surface area (Å²) in [6, 6.07) is 11.2. The van der Waals surface area contributed by atoms with E-state index in [1.54, 1.807) is 0 Å². The fourth-order valence-corrected chi connectivity index (χ4v) is 5.99. The van der Waals surface area contributed by atoms with Crippen molar-refractivity contribution < 1.29 is 9.90 Å². The van der Waals surface area contributed by atoms with Gasteiger partial charge in [-0.25, -0.2) is 0 Å². The third-order valence-electron chi connectivity index (χ3n) is 8.17. The van der Waals surface area contributed by atoms with Crippen LogP contribution in [0.1, 0.15) is 81.3 Å². The van der Waals surface area contributed by atoms with Gasteiger partial charge in [-0.3, -0.25) is 14.7 Å². The number of aliphatic hydroxyl groups is 1. The first kappa shape index (κ1) is 28.3. The first-order valence-electron chi connectivity index (χ1n) is 14.4. The zero-order valence-electron chi connectivity index (χ0n) is 24.2. The smallest absolute Gasteiger partial charge is 0.236 e. The maximum absolute atomic E-state index is 13.1. The molecule has 1 aromatic carbocycles. The van der Waals surface area contributed by atoms with E-state index in [1.165, 1.54) is 33.3 Å². The van der Waals surface area contributed by atoms with Crippen molar-refractivity contribution in [1.82, 2.24) is 19.8 Å². The molecule has 0 bridgehead atoms. The van der Waals surface area contributed by atoms with E-state index in [0.717, 1.165) is 50.3 Å². The van der Waals surface area contributed by atoms with Crippen LogP contribution in [0.15, 0.2) is 30.3 Å². The molecule has 206 valence electrons. The zero-order valence-corrected chi connectivity index (χ0v) is 24.2. The topological polar surface area (TPSA) is 72.5 Å². The molecule has 1 saturated heterocycles. The summed E-state index contributed by atoms with van der Waals surface area (Å²) in [5.74, 6) is 1.56. The van der Waals surface area contributed by atoms with Gasteiger partial charge in [0.15, 0.2) is 0 Å². The Bertz CT molecular complexity index is 1220. The number of rotatable bonds is 10. The molecule has 1 aliphatic rings. The van der Waals surface area contributed by atoms with Crippen LogP contribution in [-0.4, -0.2) is 70.1 Å². The second-order valence-electron chi connectivity index (χ2n) is 11.6. The highest BCUT2D eigenvalue weighted by Crippen LogP contribution is 2.38. The minimum absolute atomic E-state index is 0.0911. The Balaban J connectivity index is 1.49. The summed E-state index contributed by atoms with van der Waals surface area (Å²) in [6.45, 7) is 16.5. The van der Waals surface area contributed by atoms with Gasteiger partial charge in [0.1, 0.15) is 0 Å². The van der Waals surface area contributed by atoms with E-state index in [4.69, 9.17) is 0 Å². The van der Waals surface area contributed by atoms with E-state index in [9.17, 15) is 9.90 Å². The van der Waals surface area contributed by atoms with Crippen LogP contribution in [0.2, 0.25) is 0 Å². The second-order valence-corrected chi connectivity index (χ2v) is 11.6. The second kappa shape index (κ2) is 12.4. The molecule has 3 heterocycles. The first-order chi connectivity index (χ1) is 18.2. The number of hydrogen-bond acceptors (Lipinski definition) is 4. The quantitative estimate of drug-likeness (QED) is 0.344. The van der Waals surface area contributed by atoms with Crippen molar-refractivity contribution >= 4 is 16.8 Å². The van der Waals surface area contributed by atoms with Gasteiger partial charge < -0.3 is 15.0 Å². The molecular weight excluding hydrogens is 472 g/mol. The van der Waals surface area contributed by atoms with Crippen LogP contribution in [0.3, 0.4) is 0 Å². The van der Waals surface area contributed by atoms with Gasteiger partial charge in [-0.05, 0) is 79.8 Å². The molecule has 3 aromatic rings. The third kappa shape index (κ3) is 6.47.